The first-order chi connectivity index (χ1) is 8.24. The van der Waals surface area contributed by atoms with Gasteiger partial charge in [0, 0.05) is 36.8 Å². The number of nitrogens with one attached hydrogen (secondary N) is 1. The van der Waals surface area contributed by atoms with Gasteiger partial charge in [-0.2, -0.15) is 0 Å². The summed E-state index contributed by atoms with van der Waals surface area (Å²) in [7, 11) is 1.86. The third-order valence-corrected chi connectivity index (χ3v) is 2.68. The van der Waals surface area contributed by atoms with Crippen LogP contribution in [0, 0.1) is 6.92 Å². The van der Waals surface area contributed by atoms with Gasteiger partial charge in [-0.05, 0) is 25.0 Å². The van der Waals surface area contributed by atoms with E-state index in [1.54, 1.807) is 6.20 Å². The molecule has 88 valence electrons. The fourth-order valence-corrected chi connectivity index (χ4v) is 1.63. The average Bonchev–Trinajstić information content (AvgIpc) is 2.38. The van der Waals surface area contributed by atoms with Crippen LogP contribution in [0.4, 0.5) is 5.82 Å². The van der Waals surface area contributed by atoms with Gasteiger partial charge in [-0.1, -0.05) is 6.92 Å². The number of rotatable bonds is 3. The second-order valence-corrected chi connectivity index (χ2v) is 3.86. The van der Waals surface area contributed by atoms with Crippen LogP contribution in [-0.2, 0) is 6.42 Å². The third-order valence-electron chi connectivity index (χ3n) is 2.68. The summed E-state index contributed by atoms with van der Waals surface area (Å²) >= 11 is 0. The highest BCUT2D eigenvalue weighted by Gasteiger charge is 2.07. The van der Waals surface area contributed by atoms with Crippen LogP contribution in [0.1, 0.15) is 18.2 Å². The average molecular weight is 228 g/mol. The zero-order chi connectivity index (χ0) is 12.3. The van der Waals surface area contributed by atoms with Crippen LogP contribution in [-0.4, -0.2) is 22.0 Å². The highest BCUT2D eigenvalue weighted by Crippen LogP contribution is 2.20. The lowest BCUT2D eigenvalue weighted by Crippen LogP contribution is -2.01. The minimum absolute atomic E-state index is 0.735. The van der Waals surface area contributed by atoms with Crippen LogP contribution < -0.4 is 5.32 Å². The Morgan fingerprint density at radius 2 is 2.12 bits per heavy atom. The maximum atomic E-state index is 4.54. The molecule has 2 heterocycles. The van der Waals surface area contributed by atoms with E-state index in [1.807, 2.05) is 32.3 Å². The Morgan fingerprint density at radius 3 is 2.76 bits per heavy atom. The largest absolute Gasteiger partial charge is 0.373 e. The zero-order valence-electron chi connectivity index (χ0n) is 10.4. The molecule has 0 unspecified atom stereocenters. The molecule has 2 rings (SSSR count). The Kier molecular flexibility index (Phi) is 3.32. The van der Waals surface area contributed by atoms with Gasteiger partial charge in [-0.25, -0.2) is 9.97 Å². The molecule has 2 aromatic rings. The summed E-state index contributed by atoms with van der Waals surface area (Å²) in [6, 6.07) is 3.94. The van der Waals surface area contributed by atoms with Crippen molar-refractivity contribution in [2.75, 3.05) is 12.4 Å². The van der Waals surface area contributed by atoms with Crippen molar-refractivity contribution >= 4 is 5.82 Å². The normalized spacial score (nSPS) is 10.3. The van der Waals surface area contributed by atoms with Crippen molar-refractivity contribution in [3.05, 3.63) is 35.8 Å². The molecule has 0 fully saturated rings. The van der Waals surface area contributed by atoms with Crippen LogP contribution in [0.5, 0.6) is 0 Å². The second kappa shape index (κ2) is 4.91. The van der Waals surface area contributed by atoms with Gasteiger partial charge in [0.15, 0.2) is 5.82 Å². The van der Waals surface area contributed by atoms with Gasteiger partial charge in [0.25, 0.3) is 0 Å². The molecule has 0 radical (unpaired) electrons. The van der Waals surface area contributed by atoms with Gasteiger partial charge in [0.1, 0.15) is 5.82 Å². The quantitative estimate of drug-likeness (QED) is 0.876. The van der Waals surface area contributed by atoms with Gasteiger partial charge in [0.2, 0.25) is 0 Å². The van der Waals surface area contributed by atoms with E-state index in [4.69, 9.17) is 0 Å². The lowest BCUT2D eigenvalue weighted by molar-refractivity contribution is 1.00. The molecule has 0 aliphatic rings. The number of aryl methyl sites for hydroxylation is 2. The monoisotopic (exact) mass is 228 g/mol. The van der Waals surface area contributed by atoms with Crippen molar-refractivity contribution in [2.45, 2.75) is 20.3 Å². The zero-order valence-corrected chi connectivity index (χ0v) is 10.4. The summed E-state index contributed by atoms with van der Waals surface area (Å²) in [5.74, 6) is 1.58. The Labute approximate surface area is 101 Å². The van der Waals surface area contributed by atoms with E-state index in [9.17, 15) is 0 Å². The molecule has 0 atom stereocenters. The van der Waals surface area contributed by atoms with Crippen molar-refractivity contribution in [3.8, 4) is 11.4 Å². The minimum atomic E-state index is 0.735. The molecule has 0 aliphatic carbocycles. The Bertz CT molecular complexity index is 500. The summed E-state index contributed by atoms with van der Waals surface area (Å²) in [4.78, 5) is 13.1. The van der Waals surface area contributed by atoms with Gasteiger partial charge < -0.3 is 5.32 Å². The third kappa shape index (κ3) is 2.41. The molecule has 0 bridgehead atoms. The molecular weight excluding hydrogens is 212 g/mol. The summed E-state index contributed by atoms with van der Waals surface area (Å²) in [6.07, 6.45) is 4.48. The van der Waals surface area contributed by atoms with E-state index >= 15 is 0 Å². The smallest absolute Gasteiger partial charge is 0.163 e. The standard InChI is InChI=1S/C13H16N4/c1-4-10-7-12(14-3)17-13(16-10)11-8-15-6-5-9(11)2/h5-8H,4H2,1-3H3,(H,14,16,17). The summed E-state index contributed by atoms with van der Waals surface area (Å²) < 4.78 is 0. The first kappa shape index (κ1) is 11.5. The van der Waals surface area contributed by atoms with Crippen molar-refractivity contribution in [1.82, 2.24) is 15.0 Å². The van der Waals surface area contributed by atoms with Gasteiger partial charge in [-0.15, -0.1) is 0 Å². The second-order valence-electron chi connectivity index (χ2n) is 3.86. The number of anilines is 1. The fourth-order valence-electron chi connectivity index (χ4n) is 1.63. The Morgan fingerprint density at radius 1 is 1.29 bits per heavy atom. The Balaban J connectivity index is 2.55. The molecular formula is C13H16N4. The molecule has 0 spiro atoms. The number of aromatic nitrogens is 3. The van der Waals surface area contributed by atoms with Gasteiger partial charge >= 0.3 is 0 Å². The van der Waals surface area contributed by atoms with E-state index in [2.05, 4.69) is 27.2 Å². The highest BCUT2D eigenvalue weighted by atomic mass is 15.0. The molecule has 4 heteroatoms. The van der Waals surface area contributed by atoms with Crippen LogP contribution >= 0.6 is 0 Å². The number of hydrogen-bond donors (Lipinski definition) is 1. The van der Waals surface area contributed by atoms with Crippen LogP contribution in [0.15, 0.2) is 24.5 Å². The number of nitrogens with zero attached hydrogens (tertiary/aromatic N) is 3. The van der Waals surface area contributed by atoms with Gasteiger partial charge in [-0.3, -0.25) is 4.98 Å². The van der Waals surface area contributed by atoms with Crippen molar-refractivity contribution < 1.29 is 0 Å². The van der Waals surface area contributed by atoms with Gasteiger partial charge in [0.05, 0.1) is 0 Å². The Hall–Kier alpha value is -1.97. The predicted octanol–water partition coefficient (Wildman–Crippen LogP) is 2.45. The SMILES string of the molecule is CCc1cc(NC)nc(-c2cnccc2C)n1. The van der Waals surface area contributed by atoms with E-state index < -0.39 is 0 Å². The molecule has 0 amide bonds. The molecule has 4 nitrogen and oxygen atoms in total. The molecule has 0 aromatic carbocycles. The predicted molar refractivity (Wildman–Crippen MR) is 68.9 cm³/mol. The summed E-state index contributed by atoms with van der Waals surface area (Å²) in [5.41, 5.74) is 3.15. The molecule has 0 saturated heterocycles. The highest BCUT2D eigenvalue weighted by molar-refractivity contribution is 5.60. The van der Waals surface area contributed by atoms with Crippen LogP contribution in [0.2, 0.25) is 0 Å². The number of pyridine rings is 1. The first-order valence-corrected chi connectivity index (χ1v) is 5.71. The van der Waals surface area contributed by atoms with Crippen LogP contribution in [0.25, 0.3) is 11.4 Å². The van der Waals surface area contributed by atoms with E-state index in [1.165, 1.54) is 0 Å². The molecule has 0 aliphatic heterocycles. The summed E-state index contributed by atoms with van der Waals surface area (Å²) in [5, 5.41) is 3.06. The van der Waals surface area contributed by atoms with E-state index in [-0.39, 0.29) is 0 Å². The first-order valence-electron chi connectivity index (χ1n) is 5.71. The topological polar surface area (TPSA) is 50.7 Å². The van der Waals surface area contributed by atoms with E-state index in [0.29, 0.717) is 0 Å². The number of hydrogen-bond acceptors (Lipinski definition) is 4. The molecule has 17 heavy (non-hydrogen) atoms. The van der Waals surface area contributed by atoms with Crippen molar-refractivity contribution in [1.29, 1.82) is 0 Å². The minimum Gasteiger partial charge on any atom is -0.373 e. The maximum Gasteiger partial charge on any atom is 0.163 e. The van der Waals surface area contributed by atoms with Crippen molar-refractivity contribution in [3.63, 3.8) is 0 Å². The maximum absolute atomic E-state index is 4.54. The molecule has 2 aromatic heterocycles. The fraction of sp³-hybridized carbons (Fsp3) is 0.308. The lowest BCUT2D eigenvalue weighted by Gasteiger charge is -2.08. The van der Waals surface area contributed by atoms with Crippen LogP contribution in [0.3, 0.4) is 0 Å². The molecule has 1 N–H and O–H groups in total. The summed E-state index contributed by atoms with van der Waals surface area (Å²) in [6.45, 7) is 4.12. The van der Waals surface area contributed by atoms with Crippen molar-refractivity contribution in [2.24, 2.45) is 0 Å². The lowest BCUT2D eigenvalue weighted by atomic mass is 10.1. The molecule has 0 saturated carbocycles. The van der Waals surface area contributed by atoms with E-state index in [0.717, 1.165) is 34.9 Å².